The van der Waals surface area contributed by atoms with Crippen LogP contribution in [0.3, 0.4) is 0 Å². The van der Waals surface area contributed by atoms with Crippen LogP contribution in [-0.2, 0) is 9.59 Å². The van der Waals surface area contributed by atoms with Gasteiger partial charge in [0.05, 0.1) is 12.2 Å². The Morgan fingerprint density at radius 3 is 2.42 bits per heavy atom. The van der Waals surface area contributed by atoms with E-state index in [0.29, 0.717) is 36.3 Å². The zero-order valence-corrected chi connectivity index (χ0v) is 15.3. The normalized spacial score (nSPS) is 17.8. The number of anilines is 1. The number of carbonyl (C=O) groups is 2. The molecule has 2 amide bonds. The molecule has 0 aromatic heterocycles. The molecule has 2 aliphatic rings. The van der Waals surface area contributed by atoms with Gasteiger partial charge in [-0.25, -0.2) is 4.39 Å². The molecule has 1 aliphatic heterocycles. The minimum atomic E-state index is -0.362. The van der Waals surface area contributed by atoms with Crippen LogP contribution in [0.5, 0.6) is 0 Å². The lowest BCUT2D eigenvalue weighted by Crippen LogP contribution is -2.52. The summed E-state index contributed by atoms with van der Waals surface area (Å²) >= 11 is 3.22. The molecule has 0 spiro atoms. The first-order valence-electron chi connectivity index (χ1n) is 8.18. The van der Waals surface area contributed by atoms with Crippen LogP contribution in [0.1, 0.15) is 12.8 Å². The second kappa shape index (κ2) is 7.09. The minimum absolute atomic E-state index is 0.0432. The molecule has 1 heterocycles. The number of hydrogen-bond acceptors (Lipinski definition) is 3. The van der Waals surface area contributed by atoms with Gasteiger partial charge in [-0.05, 0) is 31.0 Å². The lowest BCUT2D eigenvalue weighted by Gasteiger charge is -2.35. The number of carbonyl (C=O) groups excluding carboxylic acids is 2. The predicted octanol–water partition coefficient (Wildman–Crippen LogP) is 2.11. The van der Waals surface area contributed by atoms with Gasteiger partial charge in [0.25, 0.3) is 0 Å². The molecule has 0 bridgehead atoms. The molecule has 1 aromatic carbocycles. The van der Waals surface area contributed by atoms with Gasteiger partial charge in [0, 0.05) is 43.6 Å². The quantitative estimate of drug-likeness (QED) is 0.781. The summed E-state index contributed by atoms with van der Waals surface area (Å²) in [4.78, 5) is 29.7. The van der Waals surface area contributed by atoms with Crippen molar-refractivity contribution in [1.82, 2.24) is 9.80 Å². The van der Waals surface area contributed by atoms with Crippen LogP contribution in [0, 0.1) is 11.7 Å². The summed E-state index contributed by atoms with van der Waals surface area (Å²) in [6.07, 6.45) is 2.00. The summed E-state index contributed by atoms with van der Waals surface area (Å²) in [7, 11) is 1.71. The summed E-state index contributed by atoms with van der Waals surface area (Å²) in [6.45, 7) is 2.41. The minimum Gasteiger partial charge on any atom is -0.363 e. The molecule has 24 heavy (non-hydrogen) atoms. The highest BCUT2D eigenvalue weighted by atomic mass is 79.9. The molecule has 5 nitrogen and oxygen atoms in total. The molecule has 1 saturated heterocycles. The van der Waals surface area contributed by atoms with Gasteiger partial charge in [-0.3, -0.25) is 9.59 Å². The third-order valence-corrected chi connectivity index (χ3v) is 5.06. The predicted molar refractivity (Wildman–Crippen MR) is 93.3 cm³/mol. The largest absolute Gasteiger partial charge is 0.363 e. The molecule has 1 saturated carbocycles. The van der Waals surface area contributed by atoms with Crippen LogP contribution in [0.4, 0.5) is 10.1 Å². The van der Waals surface area contributed by atoms with Gasteiger partial charge in [-0.2, -0.15) is 0 Å². The van der Waals surface area contributed by atoms with E-state index in [2.05, 4.69) is 15.9 Å². The number of nitrogens with zero attached hydrogens (tertiary/aromatic N) is 3. The van der Waals surface area contributed by atoms with Gasteiger partial charge in [0.2, 0.25) is 11.8 Å². The number of benzene rings is 1. The third-order valence-electron chi connectivity index (χ3n) is 4.56. The fourth-order valence-corrected chi connectivity index (χ4v) is 3.28. The Bertz CT molecular complexity index is 643. The van der Waals surface area contributed by atoms with E-state index < -0.39 is 0 Å². The smallest absolute Gasteiger partial charge is 0.242 e. The molecule has 3 rings (SSSR count). The molecule has 0 N–H and O–H groups in total. The van der Waals surface area contributed by atoms with Crippen molar-refractivity contribution in [3.63, 3.8) is 0 Å². The van der Waals surface area contributed by atoms with Gasteiger partial charge in [0.15, 0.2) is 0 Å². The highest BCUT2D eigenvalue weighted by Crippen LogP contribution is 2.31. The number of likely N-dealkylation sites (N-methyl/N-ethyl adjacent to an activating group) is 1. The Morgan fingerprint density at radius 2 is 1.83 bits per heavy atom. The van der Waals surface area contributed by atoms with Crippen molar-refractivity contribution >= 4 is 33.4 Å². The Hall–Kier alpha value is -1.63. The third kappa shape index (κ3) is 3.88. The van der Waals surface area contributed by atoms with Gasteiger partial charge in [0.1, 0.15) is 5.82 Å². The number of halogens is 2. The molecule has 0 unspecified atom stereocenters. The summed E-state index contributed by atoms with van der Waals surface area (Å²) in [5.41, 5.74) is 0.397. The molecule has 7 heteroatoms. The van der Waals surface area contributed by atoms with Crippen molar-refractivity contribution in [3.05, 3.63) is 28.5 Å². The van der Waals surface area contributed by atoms with Gasteiger partial charge < -0.3 is 14.7 Å². The average Bonchev–Trinajstić information content (AvgIpc) is 3.39. The number of hydrogen-bond donors (Lipinski definition) is 0. The molecule has 0 atom stereocenters. The number of piperazine rings is 1. The Balaban J connectivity index is 1.52. The average molecular weight is 398 g/mol. The monoisotopic (exact) mass is 397 g/mol. The van der Waals surface area contributed by atoms with Crippen LogP contribution in [0.15, 0.2) is 22.7 Å². The van der Waals surface area contributed by atoms with Crippen molar-refractivity contribution in [2.45, 2.75) is 12.8 Å². The van der Waals surface area contributed by atoms with Crippen molar-refractivity contribution in [2.24, 2.45) is 5.92 Å². The highest BCUT2D eigenvalue weighted by molar-refractivity contribution is 9.10. The summed E-state index contributed by atoms with van der Waals surface area (Å²) in [6, 6.07) is 4.79. The Morgan fingerprint density at radius 1 is 1.21 bits per heavy atom. The standard InChI is InChI=1S/C17H21BrFN3O2/c1-20(15-5-4-13(18)10-14(15)19)11-16(23)21-6-8-22(9-7-21)17(24)12-2-3-12/h4-5,10,12H,2-3,6-9,11H2,1H3. The summed E-state index contributed by atoms with van der Waals surface area (Å²) in [5.74, 6) is 0.0489. The van der Waals surface area contributed by atoms with E-state index in [9.17, 15) is 14.0 Å². The fraction of sp³-hybridized carbons (Fsp3) is 0.529. The van der Waals surface area contributed by atoms with E-state index in [1.54, 1.807) is 29.0 Å². The number of rotatable bonds is 4. The van der Waals surface area contributed by atoms with Crippen molar-refractivity contribution in [3.8, 4) is 0 Å². The fourth-order valence-electron chi connectivity index (χ4n) is 2.94. The van der Waals surface area contributed by atoms with Crippen LogP contribution in [0.25, 0.3) is 0 Å². The van der Waals surface area contributed by atoms with Crippen molar-refractivity contribution in [2.75, 3.05) is 44.7 Å². The Kier molecular flexibility index (Phi) is 5.08. The van der Waals surface area contributed by atoms with E-state index >= 15 is 0 Å². The van der Waals surface area contributed by atoms with Crippen molar-refractivity contribution in [1.29, 1.82) is 0 Å². The molecule has 1 aliphatic carbocycles. The molecule has 0 radical (unpaired) electrons. The van der Waals surface area contributed by atoms with Crippen LogP contribution in [0.2, 0.25) is 0 Å². The zero-order chi connectivity index (χ0) is 17.3. The van der Waals surface area contributed by atoms with Gasteiger partial charge >= 0.3 is 0 Å². The Labute approximate surface area is 149 Å². The van der Waals surface area contributed by atoms with Crippen LogP contribution < -0.4 is 4.90 Å². The van der Waals surface area contributed by atoms with E-state index in [4.69, 9.17) is 0 Å². The van der Waals surface area contributed by atoms with Crippen molar-refractivity contribution < 1.29 is 14.0 Å². The second-order valence-corrected chi connectivity index (χ2v) is 7.35. The molecule has 1 aromatic rings. The lowest BCUT2D eigenvalue weighted by molar-refractivity contribution is -0.139. The molecule has 130 valence electrons. The topological polar surface area (TPSA) is 43.9 Å². The first-order valence-corrected chi connectivity index (χ1v) is 8.98. The first-order chi connectivity index (χ1) is 11.5. The van der Waals surface area contributed by atoms with E-state index in [1.807, 2.05) is 4.90 Å². The summed E-state index contributed by atoms with van der Waals surface area (Å²) < 4.78 is 14.6. The number of amides is 2. The zero-order valence-electron chi connectivity index (χ0n) is 13.7. The van der Waals surface area contributed by atoms with Gasteiger partial charge in [-0.1, -0.05) is 15.9 Å². The first kappa shape index (κ1) is 17.2. The second-order valence-electron chi connectivity index (χ2n) is 6.43. The maximum Gasteiger partial charge on any atom is 0.242 e. The summed E-state index contributed by atoms with van der Waals surface area (Å²) in [5, 5.41) is 0. The maximum absolute atomic E-state index is 14.0. The van der Waals surface area contributed by atoms with E-state index in [-0.39, 0.29) is 30.1 Å². The van der Waals surface area contributed by atoms with E-state index in [1.165, 1.54) is 6.07 Å². The highest BCUT2D eigenvalue weighted by Gasteiger charge is 2.35. The molecule has 2 fully saturated rings. The van der Waals surface area contributed by atoms with Gasteiger partial charge in [-0.15, -0.1) is 0 Å². The maximum atomic E-state index is 14.0. The lowest BCUT2D eigenvalue weighted by atomic mass is 10.2. The SMILES string of the molecule is CN(CC(=O)N1CCN(C(=O)C2CC2)CC1)c1ccc(Br)cc1F. The van der Waals surface area contributed by atoms with E-state index in [0.717, 1.165) is 12.8 Å². The van der Waals surface area contributed by atoms with Crippen LogP contribution in [-0.4, -0.2) is 61.4 Å². The molecular weight excluding hydrogens is 377 g/mol. The van der Waals surface area contributed by atoms with Crippen LogP contribution >= 0.6 is 15.9 Å². The molecular formula is C17H21BrFN3O2.